The summed E-state index contributed by atoms with van der Waals surface area (Å²) >= 11 is 0. The molecule has 164 valence electrons. The summed E-state index contributed by atoms with van der Waals surface area (Å²) in [5.41, 5.74) is 0.929. The summed E-state index contributed by atoms with van der Waals surface area (Å²) < 4.78 is 25.1. The van der Waals surface area contributed by atoms with Gasteiger partial charge in [0.2, 0.25) is 0 Å². The first-order valence-electron chi connectivity index (χ1n) is 12.0. The van der Waals surface area contributed by atoms with Gasteiger partial charge in [-0.25, -0.2) is 0 Å². The molecule has 6 rings (SSSR count). The first-order valence-corrected chi connectivity index (χ1v) is 15.4. The van der Waals surface area contributed by atoms with E-state index in [0.717, 1.165) is 25.7 Å². The molecular weight excluding hydrogens is 394 g/mol. The van der Waals surface area contributed by atoms with Crippen LogP contribution in [0.2, 0.25) is 19.6 Å². The van der Waals surface area contributed by atoms with Crippen LogP contribution >= 0.6 is 0 Å². The molecule has 5 nitrogen and oxygen atoms in total. The largest absolute Gasteiger partial charge is 0.399 e. The number of nitriles is 1. The number of ether oxygens (including phenoxy) is 3. The van der Waals surface area contributed by atoms with Crippen LogP contribution in [0.3, 0.4) is 0 Å². The van der Waals surface area contributed by atoms with Crippen LogP contribution in [0.1, 0.15) is 45.4 Å². The third-order valence-corrected chi connectivity index (χ3v) is 10.2. The van der Waals surface area contributed by atoms with Crippen LogP contribution in [0.5, 0.6) is 0 Å². The summed E-state index contributed by atoms with van der Waals surface area (Å²) in [7, 11) is -1.82. The van der Waals surface area contributed by atoms with Gasteiger partial charge >= 0.3 is 0 Å². The van der Waals surface area contributed by atoms with E-state index < -0.39 is 19.7 Å². The van der Waals surface area contributed by atoms with E-state index in [1.54, 1.807) is 5.57 Å². The molecule has 0 bridgehead atoms. The maximum absolute atomic E-state index is 10.3. The molecule has 3 saturated carbocycles. The molecular formula is C24H35NO4Si. The third kappa shape index (κ3) is 2.53. The topological polar surface area (TPSA) is 64.0 Å². The van der Waals surface area contributed by atoms with Gasteiger partial charge in [0.15, 0.2) is 14.1 Å². The number of nitrogens with zero attached hydrogens (tertiary/aromatic N) is 1. The van der Waals surface area contributed by atoms with Crippen molar-refractivity contribution in [1.82, 2.24) is 0 Å². The van der Waals surface area contributed by atoms with E-state index in [-0.39, 0.29) is 17.6 Å². The van der Waals surface area contributed by atoms with Crippen molar-refractivity contribution in [3.8, 4) is 6.07 Å². The molecule has 2 heterocycles. The number of hydrogen-bond donors (Lipinski definition) is 0. The zero-order chi connectivity index (χ0) is 20.9. The lowest BCUT2D eigenvalue weighted by Crippen LogP contribution is -2.55. The molecule has 4 aliphatic carbocycles. The Morgan fingerprint density at radius 1 is 1.17 bits per heavy atom. The Kier molecular flexibility index (Phi) is 4.12. The minimum atomic E-state index is -1.82. The molecule has 0 N–H and O–H groups in total. The SMILES string of the molecule is C[C@]12CC=C3[C@H]4C(CC[C@H]3[C@@H]1CC[C@@]2(C#N)O[Si](C)(C)C)CC1(OCCO1)C1OC14. The molecule has 0 aromatic rings. The van der Waals surface area contributed by atoms with Gasteiger partial charge in [0.1, 0.15) is 11.7 Å². The van der Waals surface area contributed by atoms with Crippen molar-refractivity contribution in [2.45, 2.75) is 88.7 Å². The van der Waals surface area contributed by atoms with E-state index in [1.165, 1.54) is 12.8 Å². The average Bonchev–Trinajstić information content (AvgIpc) is 3.29. The lowest BCUT2D eigenvalue weighted by molar-refractivity contribution is -0.193. The Hall–Kier alpha value is -0.713. The molecule has 6 heteroatoms. The first-order chi connectivity index (χ1) is 14.2. The Morgan fingerprint density at radius 3 is 2.63 bits per heavy atom. The van der Waals surface area contributed by atoms with E-state index in [1.807, 2.05) is 0 Å². The lowest BCUT2D eigenvalue weighted by atomic mass is 9.53. The van der Waals surface area contributed by atoms with Crippen LogP contribution in [0.15, 0.2) is 11.6 Å². The van der Waals surface area contributed by atoms with Gasteiger partial charge in [0.05, 0.1) is 25.4 Å². The smallest absolute Gasteiger partial charge is 0.197 e. The second-order valence-corrected chi connectivity index (χ2v) is 16.3. The highest BCUT2D eigenvalue weighted by Crippen LogP contribution is 2.67. The second-order valence-electron chi connectivity index (χ2n) is 11.8. The third-order valence-electron chi connectivity index (χ3n) is 9.26. The highest BCUT2D eigenvalue weighted by Gasteiger charge is 2.70. The number of hydrogen-bond acceptors (Lipinski definition) is 5. The van der Waals surface area contributed by atoms with Crippen LogP contribution < -0.4 is 0 Å². The summed E-state index contributed by atoms with van der Waals surface area (Å²) in [6.07, 6.45) is 9.26. The molecule has 30 heavy (non-hydrogen) atoms. The maximum Gasteiger partial charge on any atom is 0.197 e. The van der Waals surface area contributed by atoms with E-state index >= 15 is 0 Å². The van der Waals surface area contributed by atoms with Gasteiger partial charge in [-0.2, -0.15) is 5.26 Å². The van der Waals surface area contributed by atoms with Gasteiger partial charge in [-0.1, -0.05) is 18.6 Å². The van der Waals surface area contributed by atoms with Crippen molar-refractivity contribution in [2.75, 3.05) is 13.2 Å². The highest BCUT2D eigenvalue weighted by molar-refractivity contribution is 6.69. The molecule has 0 radical (unpaired) electrons. The summed E-state index contributed by atoms with van der Waals surface area (Å²) in [6, 6.07) is 2.70. The van der Waals surface area contributed by atoms with Gasteiger partial charge in [0.25, 0.3) is 0 Å². The van der Waals surface area contributed by atoms with E-state index in [2.05, 4.69) is 38.7 Å². The molecule has 0 aromatic heterocycles. The van der Waals surface area contributed by atoms with E-state index in [4.69, 9.17) is 18.6 Å². The standard InChI is InChI=1S/C24H35NO4Si/c1-22-9-7-17-16(18(22)8-10-23(22,14-25)29-30(2,3)4)6-5-15-13-24(26-11-12-27-24)21-20(28-21)19(15)17/h7,15-16,18-21H,5-6,8-13H2,1-4H3/t15?,16-,18+,19-,20?,21?,22+,23+/m1/s1. The summed E-state index contributed by atoms with van der Waals surface area (Å²) in [4.78, 5) is 0. The molecule has 3 unspecified atom stereocenters. The van der Waals surface area contributed by atoms with Crippen LogP contribution in [0, 0.1) is 40.4 Å². The zero-order valence-corrected chi connectivity index (χ0v) is 19.8. The monoisotopic (exact) mass is 429 g/mol. The van der Waals surface area contributed by atoms with Crippen molar-refractivity contribution in [3.05, 3.63) is 11.6 Å². The first kappa shape index (κ1) is 19.9. The van der Waals surface area contributed by atoms with Crippen molar-refractivity contribution < 1.29 is 18.6 Å². The molecule has 1 spiro atoms. The van der Waals surface area contributed by atoms with Crippen LogP contribution in [-0.2, 0) is 18.6 Å². The van der Waals surface area contributed by atoms with Gasteiger partial charge < -0.3 is 18.6 Å². The molecule has 2 aliphatic heterocycles. The zero-order valence-electron chi connectivity index (χ0n) is 18.8. The molecule has 5 fully saturated rings. The summed E-state index contributed by atoms with van der Waals surface area (Å²) in [5.74, 6) is 1.78. The van der Waals surface area contributed by atoms with E-state index in [0.29, 0.717) is 36.9 Å². The fourth-order valence-electron chi connectivity index (χ4n) is 8.10. The molecule has 0 aromatic carbocycles. The van der Waals surface area contributed by atoms with Crippen molar-refractivity contribution in [3.63, 3.8) is 0 Å². The lowest BCUT2D eigenvalue weighted by Gasteiger charge is -2.53. The fraction of sp³-hybridized carbons (Fsp3) is 0.875. The fourth-order valence-corrected chi connectivity index (χ4v) is 9.53. The van der Waals surface area contributed by atoms with Crippen LogP contribution in [-0.4, -0.2) is 45.1 Å². The van der Waals surface area contributed by atoms with E-state index in [9.17, 15) is 5.26 Å². The van der Waals surface area contributed by atoms with Crippen molar-refractivity contribution in [2.24, 2.45) is 29.1 Å². The number of allylic oxidation sites excluding steroid dienone is 1. The molecule has 8 atom stereocenters. The average molecular weight is 430 g/mol. The quantitative estimate of drug-likeness (QED) is 0.370. The van der Waals surface area contributed by atoms with Gasteiger partial charge in [0, 0.05) is 17.8 Å². The molecule has 6 aliphatic rings. The van der Waals surface area contributed by atoms with Gasteiger partial charge in [-0.15, -0.1) is 0 Å². The Labute approximate surface area is 181 Å². The summed E-state index contributed by atoms with van der Waals surface area (Å²) in [5, 5.41) is 10.3. The van der Waals surface area contributed by atoms with Crippen LogP contribution in [0.4, 0.5) is 0 Å². The second kappa shape index (κ2) is 6.20. The van der Waals surface area contributed by atoms with Gasteiger partial charge in [-0.3, -0.25) is 0 Å². The molecule has 2 saturated heterocycles. The number of epoxide rings is 1. The predicted molar refractivity (Wildman–Crippen MR) is 114 cm³/mol. The Morgan fingerprint density at radius 2 is 1.93 bits per heavy atom. The summed E-state index contributed by atoms with van der Waals surface area (Å²) in [6.45, 7) is 10.4. The van der Waals surface area contributed by atoms with Gasteiger partial charge in [-0.05, 0) is 69.5 Å². The predicted octanol–water partition coefficient (Wildman–Crippen LogP) is 4.40. The Bertz CT molecular complexity index is 824. The number of rotatable bonds is 2. The van der Waals surface area contributed by atoms with Crippen molar-refractivity contribution in [1.29, 1.82) is 5.26 Å². The molecule has 0 amide bonds. The number of fused-ring (bicyclic) bond motifs is 8. The normalized spacial score (nSPS) is 50.7. The minimum Gasteiger partial charge on any atom is -0.399 e. The Balaban J connectivity index is 1.31. The van der Waals surface area contributed by atoms with Crippen molar-refractivity contribution >= 4 is 8.32 Å². The maximum atomic E-state index is 10.3. The minimum absolute atomic E-state index is 0.0829. The highest BCUT2D eigenvalue weighted by atomic mass is 28.4. The van der Waals surface area contributed by atoms with Crippen LogP contribution in [0.25, 0.3) is 0 Å².